The number of H-pyrrole nitrogens is 1. The molecule has 1 saturated heterocycles. The summed E-state index contributed by atoms with van der Waals surface area (Å²) in [6.07, 6.45) is 7.04. The number of nitrogens with zero attached hydrogens (tertiary/aromatic N) is 1. The second-order valence-corrected chi connectivity index (χ2v) is 11.7. The van der Waals surface area contributed by atoms with Gasteiger partial charge in [0.25, 0.3) is 0 Å². The predicted molar refractivity (Wildman–Crippen MR) is 131 cm³/mol. The van der Waals surface area contributed by atoms with Crippen molar-refractivity contribution in [3.05, 3.63) is 71.5 Å². The lowest BCUT2D eigenvalue weighted by Crippen LogP contribution is -2.19. The molecule has 0 bridgehead atoms. The first-order valence-electron chi connectivity index (χ1n) is 12.2. The summed E-state index contributed by atoms with van der Waals surface area (Å²) >= 11 is 0. The summed E-state index contributed by atoms with van der Waals surface area (Å²) < 4.78 is 30.9. The number of hydrogen-bond acceptors (Lipinski definition) is 5. The van der Waals surface area contributed by atoms with E-state index in [4.69, 9.17) is 9.84 Å². The van der Waals surface area contributed by atoms with Crippen LogP contribution in [0.4, 0.5) is 0 Å². The Hall–Kier alpha value is -2.48. The Morgan fingerprint density at radius 2 is 1.76 bits per heavy atom. The Bertz CT molecular complexity index is 1190. The van der Waals surface area contributed by atoms with Crippen LogP contribution in [0.1, 0.15) is 54.8 Å². The highest BCUT2D eigenvalue weighted by molar-refractivity contribution is 7.92. The van der Waals surface area contributed by atoms with Crippen molar-refractivity contribution in [2.45, 2.75) is 54.6 Å². The molecular weight excluding hydrogens is 448 g/mol. The number of rotatable bonds is 9. The predicted octanol–water partition coefficient (Wildman–Crippen LogP) is 4.50. The van der Waals surface area contributed by atoms with Crippen molar-refractivity contribution in [3.8, 4) is 11.4 Å². The molecule has 1 aliphatic carbocycles. The highest BCUT2D eigenvalue weighted by atomic mass is 32.2. The van der Waals surface area contributed by atoms with Crippen LogP contribution < -0.4 is 0 Å². The Kier molecular flexibility index (Phi) is 6.86. The zero-order valence-corrected chi connectivity index (χ0v) is 20.1. The van der Waals surface area contributed by atoms with E-state index in [2.05, 4.69) is 22.1 Å². The molecule has 2 aromatic heterocycles. The van der Waals surface area contributed by atoms with E-state index in [1.54, 1.807) is 12.1 Å². The fourth-order valence-electron chi connectivity index (χ4n) is 4.84. The minimum Gasteiger partial charge on any atom is -0.396 e. The molecule has 0 amide bonds. The van der Waals surface area contributed by atoms with Gasteiger partial charge in [0, 0.05) is 37.6 Å². The van der Waals surface area contributed by atoms with Gasteiger partial charge in [-0.05, 0) is 85.9 Å². The van der Waals surface area contributed by atoms with Gasteiger partial charge < -0.3 is 14.8 Å². The third-order valence-electron chi connectivity index (χ3n) is 7.07. The quantitative estimate of drug-likeness (QED) is 0.471. The normalized spacial score (nSPS) is 18.1. The van der Waals surface area contributed by atoms with E-state index in [1.807, 2.05) is 30.5 Å². The number of ether oxygens (including phenoxy) is 1. The zero-order chi connectivity index (χ0) is 23.5. The van der Waals surface area contributed by atoms with Gasteiger partial charge in [0.2, 0.25) is 0 Å². The molecule has 1 aliphatic heterocycles. The van der Waals surface area contributed by atoms with Crippen molar-refractivity contribution in [3.63, 3.8) is 0 Å². The lowest BCUT2D eigenvalue weighted by molar-refractivity contribution is 0.0626. The molecule has 2 aliphatic rings. The summed E-state index contributed by atoms with van der Waals surface area (Å²) in [5.41, 5.74) is 5.07. The van der Waals surface area contributed by atoms with Crippen LogP contribution in [-0.2, 0) is 21.0 Å². The van der Waals surface area contributed by atoms with Crippen LogP contribution >= 0.6 is 0 Å². The largest absolute Gasteiger partial charge is 0.396 e. The van der Waals surface area contributed by atoms with Crippen molar-refractivity contribution in [2.24, 2.45) is 5.92 Å². The molecule has 3 heterocycles. The fraction of sp³-hybridized carbons (Fsp3) is 0.444. The molecule has 5 rings (SSSR count). The van der Waals surface area contributed by atoms with Crippen LogP contribution in [0.3, 0.4) is 0 Å². The van der Waals surface area contributed by atoms with Crippen molar-refractivity contribution in [1.29, 1.82) is 0 Å². The van der Waals surface area contributed by atoms with E-state index >= 15 is 0 Å². The van der Waals surface area contributed by atoms with Crippen molar-refractivity contribution < 1.29 is 18.3 Å². The molecule has 0 radical (unpaired) electrons. The maximum absolute atomic E-state index is 12.6. The molecule has 0 spiro atoms. The van der Waals surface area contributed by atoms with Gasteiger partial charge in [-0.3, -0.25) is 4.98 Å². The Morgan fingerprint density at radius 1 is 1.00 bits per heavy atom. The van der Waals surface area contributed by atoms with Crippen molar-refractivity contribution in [2.75, 3.05) is 19.8 Å². The van der Waals surface area contributed by atoms with Crippen molar-refractivity contribution >= 4 is 9.84 Å². The molecule has 2 fully saturated rings. The highest BCUT2D eigenvalue weighted by Gasteiger charge is 2.37. The fourth-order valence-corrected chi connectivity index (χ4v) is 6.50. The maximum atomic E-state index is 12.6. The van der Waals surface area contributed by atoms with Crippen LogP contribution in [-0.4, -0.2) is 48.6 Å². The number of aliphatic hydroxyl groups is 1. The van der Waals surface area contributed by atoms with E-state index in [-0.39, 0.29) is 17.8 Å². The molecule has 1 unspecified atom stereocenters. The number of sulfone groups is 1. The maximum Gasteiger partial charge on any atom is 0.181 e. The molecule has 1 saturated carbocycles. The van der Waals surface area contributed by atoms with Gasteiger partial charge in [0.1, 0.15) is 0 Å². The number of nitrogens with one attached hydrogen (secondary N) is 1. The molecular formula is C27H32N2O4S. The van der Waals surface area contributed by atoms with Gasteiger partial charge in [0.05, 0.1) is 21.5 Å². The number of pyridine rings is 1. The summed E-state index contributed by atoms with van der Waals surface area (Å²) in [7, 11) is -3.19. The average molecular weight is 481 g/mol. The first-order chi connectivity index (χ1) is 16.5. The summed E-state index contributed by atoms with van der Waals surface area (Å²) in [6, 6.07) is 15.7. The lowest BCUT2D eigenvalue weighted by atomic mass is 9.83. The van der Waals surface area contributed by atoms with Gasteiger partial charge >= 0.3 is 0 Å². The van der Waals surface area contributed by atoms with Gasteiger partial charge in [0.15, 0.2) is 9.84 Å². The molecule has 2 N–H and O–H groups in total. The molecule has 1 atom stereocenters. The molecule has 34 heavy (non-hydrogen) atoms. The number of aromatic nitrogens is 2. The zero-order valence-electron chi connectivity index (χ0n) is 19.3. The van der Waals surface area contributed by atoms with Crippen LogP contribution in [0.15, 0.2) is 59.6 Å². The molecule has 3 aromatic rings. The van der Waals surface area contributed by atoms with Gasteiger partial charge in [-0.15, -0.1) is 0 Å². The number of aromatic amines is 1. The minimum atomic E-state index is -3.19. The monoisotopic (exact) mass is 480 g/mol. The number of benzene rings is 1. The van der Waals surface area contributed by atoms with Crippen LogP contribution in [0.2, 0.25) is 0 Å². The van der Waals surface area contributed by atoms with E-state index in [1.165, 1.54) is 0 Å². The number of hydrogen-bond donors (Lipinski definition) is 2. The molecule has 1 aromatic carbocycles. The third kappa shape index (κ3) is 5.11. The van der Waals surface area contributed by atoms with Crippen LogP contribution in [0, 0.1) is 5.92 Å². The van der Waals surface area contributed by atoms with Gasteiger partial charge in [-0.1, -0.05) is 18.2 Å². The van der Waals surface area contributed by atoms with E-state index in [0.29, 0.717) is 17.2 Å². The Labute approximate surface area is 201 Å². The van der Waals surface area contributed by atoms with E-state index < -0.39 is 9.84 Å². The summed E-state index contributed by atoms with van der Waals surface area (Å²) in [5.74, 6) is 0.708. The summed E-state index contributed by atoms with van der Waals surface area (Å²) in [6.45, 7) is 1.72. The lowest BCUT2D eigenvalue weighted by Gasteiger charge is -2.27. The molecule has 6 nitrogen and oxygen atoms in total. The second-order valence-electron chi connectivity index (χ2n) is 9.51. The average Bonchev–Trinajstić information content (AvgIpc) is 3.63. The SMILES string of the molecule is O=S(=O)(c1ccc(C(CC2CCOCC2)c2ccc(-c3ccc(CCO)cn3)[nH]2)cc1)C1CC1. The number of aliphatic hydroxyl groups excluding tert-OH is 1. The summed E-state index contributed by atoms with van der Waals surface area (Å²) in [5, 5.41) is 8.93. The van der Waals surface area contributed by atoms with Crippen LogP contribution in [0.25, 0.3) is 11.4 Å². The standard InChI is InChI=1S/C27H32N2O4S/c30-14-11-20-1-8-26(28-18-20)27-10-9-25(29-27)24(17-19-12-15-33-16-13-19)21-2-4-22(5-3-21)34(31,32)23-6-7-23/h1-5,8-10,18-19,23-24,29-30H,6-7,11-17H2. The topological polar surface area (TPSA) is 92.3 Å². The van der Waals surface area contributed by atoms with E-state index in [9.17, 15) is 8.42 Å². The van der Waals surface area contributed by atoms with Crippen LogP contribution in [0.5, 0.6) is 0 Å². The smallest absolute Gasteiger partial charge is 0.181 e. The second kappa shape index (κ2) is 10.0. The highest BCUT2D eigenvalue weighted by Crippen LogP contribution is 2.37. The van der Waals surface area contributed by atoms with E-state index in [0.717, 1.165) is 73.5 Å². The molecule has 180 valence electrons. The molecule has 7 heteroatoms. The Morgan fingerprint density at radius 3 is 2.41 bits per heavy atom. The first kappa shape index (κ1) is 23.3. The third-order valence-corrected chi connectivity index (χ3v) is 9.35. The van der Waals surface area contributed by atoms with Gasteiger partial charge in [-0.2, -0.15) is 0 Å². The van der Waals surface area contributed by atoms with Gasteiger partial charge in [-0.25, -0.2) is 8.42 Å². The minimum absolute atomic E-state index is 0.113. The first-order valence-corrected chi connectivity index (χ1v) is 13.8. The Balaban J connectivity index is 1.42. The summed E-state index contributed by atoms with van der Waals surface area (Å²) in [4.78, 5) is 8.58. The van der Waals surface area contributed by atoms with Crippen molar-refractivity contribution in [1.82, 2.24) is 9.97 Å².